The molecule has 5 rings (SSSR count). The van der Waals surface area contributed by atoms with E-state index in [1.165, 1.54) is 18.6 Å². The number of halogens is 3. The SMILES string of the molecule is Cc1cc(F)cc(F)c1CCCC1CCN(CC2CC(C(CC3CCC3)C(=O)O)CC2c2cccc(F)c2)CC1. The van der Waals surface area contributed by atoms with Crippen molar-refractivity contribution >= 4 is 5.97 Å². The van der Waals surface area contributed by atoms with Crippen LogP contribution in [0.25, 0.3) is 0 Å². The summed E-state index contributed by atoms with van der Waals surface area (Å²) in [6, 6.07) is 9.33. The molecule has 3 fully saturated rings. The number of aryl methyl sites for hydroxylation is 1. The van der Waals surface area contributed by atoms with Gasteiger partial charge in [0.1, 0.15) is 17.5 Å². The summed E-state index contributed by atoms with van der Waals surface area (Å²) in [6.45, 7) is 4.73. The highest BCUT2D eigenvalue weighted by molar-refractivity contribution is 5.70. The first-order valence-corrected chi connectivity index (χ1v) is 15.4. The maximum atomic E-state index is 14.2. The molecule has 0 bridgehead atoms. The topological polar surface area (TPSA) is 40.5 Å². The van der Waals surface area contributed by atoms with Crippen LogP contribution in [0.1, 0.15) is 86.8 Å². The van der Waals surface area contributed by atoms with Crippen LogP contribution in [0.5, 0.6) is 0 Å². The Morgan fingerprint density at radius 3 is 2.42 bits per heavy atom. The maximum absolute atomic E-state index is 14.2. The summed E-state index contributed by atoms with van der Waals surface area (Å²) in [6.07, 6.45) is 10.8. The van der Waals surface area contributed by atoms with E-state index in [0.717, 1.165) is 89.1 Å². The molecule has 2 aromatic rings. The fourth-order valence-corrected chi connectivity index (χ4v) is 7.83. The summed E-state index contributed by atoms with van der Waals surface area (Å²) < 4.78 is 41.8. The maximum Gasteiger partial charge on any atom is 0.306 e. The number of benzene rings is 2. The number of hydrogen-bond acceptors (Lipinski definition) is 2. The van der Waals surface area contributed by atoms with Crippen LogP contribution in [-0.2, 0) is 11.2 Å². The highest BCUT2D eigenvalue weighted by atomic mass is 19.1. The minimum absolute atomic E-state index is 0.143. The fourth-order valence-electron chi connectivity index (χ4n) is 7.83. The largest absolute Gasteiger partial charge is 0.481 e. The first kappa shape index (κ1) is 29.2. The van der Waals surface area contributed by atoms with Crippen LogP contribution in [0.2, 0.25) is 0 Å². The average Bonchev–Trinajstić information content (AvgIpc) is 3.29. The van der Waals surface area contributed by atoms with Crippen molar-refractivity contribution in [3.05, 3.63) is 70.5 Å². The van der Waals surface area contributed by atoms with Gasteiger partial charge in [-0.3, -0.25) is 4.79 Å². The minimum Gasteiger partial charge on any atom is -0.481 e. The van der Waals surface area contributed by atoms with Crippen molar-refractivity contribution in [3.8, 4) is 0 Å². The average molecular weight is 556 g/mol. The zero-order valence-electron chi connectivity index (χ0n) is 23.8. The van der Waals surface area contributed by atoms with E-state index >= 15 is 0 Å². The van der Waals surface area contributed by atoms with Gasteiger partial charge in [0.25, 0.3) is 0 Å². The van der Waals surface area contributed by atoms with Crippen LogP contribution in [0.15, 0.2) is 36.4 Å². The van der Waals surface area contributed by atoms with Crippen molar-refractivity contribution in [3.63, 3.8) is 0 Å². The minimum atomic E-state index is -0.660. The molecule has 4 atom stereocenters. The number of carboxylic acid groups (broad SMARTS) is 1. The highest BCUT2D eigenvalue weighted by Gasteiger charge is 2.43. The molecule has 1 aliphatic heterocycles. The van der Waals surface area contributed by atoms with Crippen LogP contribution in [0.4, 0.5) is 13.2 Å². The van der Waals surface area contributed by atoms with Gasteiger partial charge in [-0.1, -0.05) is 37.8 Å². The summed E-state index contributed by atoms with van der Waals surface area (Å²) in [5.74, 6) is -0.316. The van der Waals surface area contributed by atoms with E-state index in [-0.39, 0.29) is 23.6 Å². The number of rotatable bonds is 11. The van der Waals surface area contributed by atoms with E-state index in [2.05, 4.69) is 4.90 Å². The van der Waals surface area contributed by atoms with E-state index in [0.29, 0.717) is 35.3 Å². The molecule has 1 heterocycles. The molecule has 218 valence electrons. The number of aliphatic carboxylic acids is 1. The van der Waals surface area contributed by atoms with Crippen LogP contribution < -0.4 is 0 Å². The van der Waals surface area contributed by atoms with E-state index < -0.39 is 17.6 Å². The molecule has 40 heavy (non-hydrogen) atoms. The molecule has 2 aliphatic carbocycles. The summed E-state index contributed by atoms with van der Waals surface area (Å²) in [5, 5.41) is 10.1. The van der Waals surface area contributed by atoms with Crippen molar-refractivity contribution in [2.75, 3.05) is 19.6 Å². The number of carbonyl (C=O) groups is 1. The Balaban J connectivity index is 1.16. The molecule has 3 aliphatic rings. The summed E-state index contributed by atoms with van der Waals surface area (Å²) in [7, 11) is 0. The van der Waals surface area contributed by atoms with E-state index in [4.69, 9.17) is 0 Å². The molecule has 0 radical (unpaired) electrons. The Bertz CT molecular complexity index is 1130. The van der Waals surface area contributed by atoms with Gasteiger partial charge in [-0.15, -0.1) is 0 Å². The molecular formula is C34H44F3NO2. The number of piperidine rings is 1. The van der Waals surface area contributed by atoms with Gasteiger partial charge in [0.15, 0.2) is 0 Å². The Morgan fingerprint density at radius 2 is 1.77 bits per heavy atom. The lowest BCUT2D eigenvalue weighted by molar-refractivity contribution is -0.144. The third-order valence-corrected chi connectivity index (χ3v) is 10.3. The standard InChI is InChI=1S/C34H44F3NO2/c1-22-15-29(36)20-33(37)30(22)10-3-5-23-11-13-38(14-12-23)21-27-17-26(32(34(39)40)16-24-6-2-7-24)19-31(27)25-8-4-9-28(35)18-25/h4,8-9,15,18,20,23-24,26-27,31-32H,2-3,5-7,10-14,16-17,19,21H2,1H3,(H,39,40). The van der Waals surface area contributed by atoms with E-state index in [1.807, 2.05) is 6.07 Å². The van der Waals surface area contributed by atoms with Crippen LogP contribution in [-0.4, -0.2) is 35.6 Å². The molecule has 0 aromatic heterocycles. The van der Waals surface area contributed by atoms with E-state index in [9.17, 15) is 23.1 Å². The highest BCUT2D eigenvalue weighted by Crippen LogP contribution is 2.49. The quantitative estimate of drug-likeness (QED) is 0.304. The first-order valence-electron chi connectivity index (χ1n) is 15.4. The summed E-state index contributed by atoms with van der Waals surface area (Å²) in [5.41, 5.74) is 2.33. The summed E-state index contributed by atoms with van der Waals surface area (Å²) >= 11 is 0. The predicted molar refractivity (Wildman–Crippen MR) is 152 cm³/mol. The van der Waals surface area contributed by atoms with Crippen LogP contribution in [0, 0.1) is 54.0 Å². The molecule has 3 nitrogen and oxygen atoms in total. The van der Waals surface area contributed by atoms with Gasteiger partial charge in [0.2, 0.25) is 0 Å². The van der Waals surface area contributed by atoms with Gasteiger partial charge in [0.05, 0.1) is 5.92 Å². The lowest BCUT2D eigenvalue weighted by atomic mass is 9.74. The van der Waals surface area contributed by atoms with Crippen LogP contribution in [0.3, 0.4) is 0 Å². The number of carboxylic acids is 1. The van der Waals surface area contributed by atoms with Gasteiger partial charge >= 0.3 is 5.97 Å². The second kappa shape index (κ2) is 13.1. The molecule has 2 saturated carbocycles. The van der Waals surface area contributed by atoms with Crippen molar-refractivity contribution in [2.45, 2.75) is 83.5 Å². The van der Waals surface area contributed by atoms with Gasteiger partial charge < -0.3 is 10.0 Å². The number of likely N-dealkylation sites (tertiary alicyclic amines) is 1. The third kappa shape index (κ3) is 7.10. The lowest BCUT2D eigenvalue weighted by Gasteiger charge is -2.35. The molecule has 4 unspecified atom stereocenters. The van der Waals surface area contributed by atoms with Crippen molar-refractivity contribution in [1.29, 1.82) is 0 Å². The number of nitrogens with zero attached hydrogens (tertiary/aromatic N) is 1. The monoisotopic (exact) mass is 555 g/mol. The third-order valence-electron chi connectivity index (χ3n) is 10.3. The van der Waals surface area contributed by atoms with Crippen molar-refractivity contribution in [1.82, 2.24) is 4.90 Å². The van der Waals surface area contributed by atoms with E-state index in [1.54, 1.807) is 19.1 Å². The van der Waals surface area contributed by atoms with Crippen molar-refractivity contribution < 1.29 is 23.1 Å². The Kier molecular flexibility index (Phi) is 9.55. The second-order valence-electron chi connectivity index (χ2n) is 12.9. The van der Waals surface area contributed by atoms with Crippen LogP contribution >= 0.6 is 0 Å². The molecule has 1 N–H and O–H groups in total. The molecule has 1 saturated heterocycles. The first-order chi connectivity index (χ1) is 19.3. The number of hydrogen-bond donors (Lipinski definition) is 1. The van der Waals surface area contributed by atoms with Gasteiger partial charge in [0, 0.05) is 12.6 Å². The van der Waals surface area contributed by atoms with Gasteiger partial charge in [-0.05, 0) is 129 Å². The second-order valence-corrected chi connectivity index (χ2v) is 12.9. The zero-order valence-corrected chi connectivity index (χ0v) is 23.8. The molecule has 2 aromatic carbocycles. The lowest BCUT2D eigenvalue weighted by Crippen LogP contribution is -2.37. The molecular weight excluding hydrogens is 511 g/mol. The molecule has 0 amide bonds. The van der Waals surface area contributed by atoms with Gasteiger partial charge in [-0.2, -0.15) is 0 Å². The fraction of sp³-hybridized carbons (Fsp3) is 0.618. The normalized spacial score (nSPS) is 25.1. The van der Waals surface area contributed by atoms with Gasteiger partial charge in [-0.25, -0.2) is 13.2 Å². The molecule has 0 spiro atoms. The Morgan fingerprint density at radius 1 is 1.00 bits per heavy atom. The van der Waals surface area contributed by atoms with Crippen molar-refractivity contribution in [2.24, 2.45) is 29.6 Å². The Labute approximate surface area is 237 Å². The molecule has 6 heteroatoms. The Hall–Kier alpha value is -2.34. The zero-order chi connectivity index (χ0) is 28.2. The summed E-state index contributed by atoms with van der Waals surface area (Å²) in [4.78, 5) is 14.8. The smallest absolute Gasteiger partial charge is 0.306 e. The predicted octanol–water partition coefficient (Wildman–Crippen LogP) is 8.15.